The van der Waals surface area contributed by atoms with E-state index >= 15 is 0 Å². The minimum atomic E-state index is 0.0477. The van der Waals surface area contributed by atoms with Crippen LogP contribution in [0.5, 0.6) is 0 Å². The molecule has 2 heterocycles. The van der Waals surface area contributed by atoms with E-state index in [1.54, 1.807) is 18.2 Å². The summed E-state index contributed by atoms with van der Waals surface area (Å²) in [5.74, 6) is 0.174. The molecule has 0 radical (unpaired) electrons. The summed E-state index contributed by atoms with van der Waals surface area (Å²) in [6, 6.07) is 5.32. The van der Waals surface area contributed by atoms with Crippen molar-refractivity contribution in [1.82, 2.24) is 15.1 Å². The Labute approximate surface area is 151 Å². The van der Waals surface area contributed by atoms with Crippen LogP contribution >= 0.6 is 23.2 Å². The van der Waals surface area contributed by atoms with Crippen molar-refractivity contribution in [2.75, 3.05) is 32.7 Å². The van der Waals surface area contributed by atoms with Gasteiger partial charge in [0.05, 0.1) is 13.0 Å². The molecule has 1 atom stereocenters. The van der Waals surface area contributed by atoms with Gasteiger partial charge in [-0.3, -0.25) is 9.59 Å². The Morgan fingerprint density at radius 1 is 1.29 bits per heavy atom. The largest absolute Gasteiger partial charge is 0.340 e. The Kier molecular flexibility index (Phi) is 5.64. The lowest BCUT2D eigenvalue weighted by Gasteiger charge is -2.41. The van der Waals surface area contributed by atoms with Crippen molar-refractivity contribution in [3.63, 3.8) is 0 Å². The van der Waals surface area contributed by atoms with Gasteiger partial charge in [0.2, 0.25) is 11.8 Å². The van der Waals surface area contributed by atoms with Crippen LogP contribution in [0.2, 0.25) is 10.0 Å². The molecular formula is C17H21Cl2N3O2. The number of hydrogen-bond donors (Lipinski definition) is 1. The third-order valence-electron chi connectivity index (χ3n) is 4.67. The maximum Gasteiger partial charge on any atom is 0.236 e. The average molecular weight is 370 g/mol. The van der Waals surface area contributed by atoms with Crippen LogP contribution in [0, 0.1) is 0 Å². The quantitative estimate of drug-likeness (QED) is 0.885. The highest BCUT2D eigenvalue weighted by Gasteiger charge is 2.31. The fraction of sp³-hybridized carbons (Fsp3) is 0.529. The van der Waals surface area contributed by atoms with Gasteiger partial charge in [0.1, 0.15) is 0 Å². The zero-order chi connectivity index (χ0) is 17.1. The van der Waals surface area contributed by atoms with Crippen LogP contribution in [0.1, 0.15) is 18.4 Å². The number of carbonyl (C=O) groups is 2. The highest BCUT2D eigenvalue weighted by Crippen LogP contribution is 2.23. The van der Waals surface area contributed by atoms with Gasteiger partial charge in [-0.2, -0.15) is 0 Å². The Morgan fingerprint density at radius 2 is 2.12 bits per heavy atom. The van der Waals surface area contributed by atoms with Crippen LogP contribution in [0.15, 0.2) is 18.2 Å². The van der Waals surface area contributed by atoms with E-state index in [0.717, 1.165) is 31.5 Å². The second kappa shape index (κ2) is 7.72. The van der Waals surface area contributed by atoms with Crippen LogP contribution in [0.3, 0.4) is 0 Å². The average Bonchev–Trinajstić information content (AvgIpc) is 2.58. The lowest BCUT2D eigenvalue weighted by atomic mass is 10.0. The zero-order valence-corrected chi connectivity index (χ0v) is 14.9. The molecule has 1 aromatic carbocycles. The van der Waals surface area contributed by atoms with Crippen LogP contribution in [0.4, 0.5) is 0 Å². The molecule has 0 saturated carbocycles. The molecule has 2 saturated heterocycles. The summed E-state index contributed by atoms with van der Waals surface area (Å²) in [7, 11) is 0. The first-order valence-electron chi connectivity index (χ1n) is 8.26. The van der Waals surface area contributed by atoms with Gasteiger partial charge in [-0.25, -0.2) is 0 Å². The summed E-state index contributed by atoms with van der Waals surface area (Å²) < 4.78 is 0. The summed E-state index contributed by atoms with van der Waals surface area (Å²) >= 11 is 12.1. The normalized spacial score (nSPS) is 21.9. The third kappa shape index (κ3) is 4.02. The van der Waals surface area contributed by atoms with E-state index < -0.39 is 0 Å². The Morgan fingerprint density at radius 3 is 2.88 bits per heavy atom. The number of piperazine rings is 1. The second-order valence-electron chi connectivity index (χ2n) is 6.31. The molecule has 130 valence electrons. The van der Waals surface area contributed by atoms with E-state index in [0.29, 0.717) is 29.7 Å². The number of piperidine rings is 1. The molecule has 3 rings (SSSR count). The molecule has 5 nitrogen and oxygen atoms in total. The summed E-state index contributed by atoms with van der Waals surface area (Å²) in [4.78, 5) is 28.5. The molecule has 1 aromatic rings. The summed E-state index contributed by atoms with van der Waals surface area (Å²) in [6.07, 6.45) is 2.14. The first kappa shape index (κ1) is 17.5. The molecule has 2 fully saturated rings. The molecule has 1 unspecified atom stereocenters. The maximum absolute atomic E-state index is 12.6. The van der Waals surface area contributed by atoms with E-state index in [9.17, 15) is 9.59 Å². The van der Waals surface area contributed by atoms with Gasteiger partial charge in [-0.1, -0.05) is 29.3 Å². The number of likely N-dealkylation sites (tertiary alicyclic amines) is 1. The molecule has 24 heavy (non-hydrogen) atoms. The first-order chi connectivity index (χ1) is 11.5. The number of benzene rings is 1. The van der Waals surface area contributed by atoms with E-state index in [4.69, 9.17) is 23.2 Å². The Balaban J connectivity index is 1.63. The number of nitrogens with one attached hydrogen (secondary N) is 1. The molecule has 2 aliphatic rings. The fourth-order valence-corrected chi connectivity index (χ4v) is 3.86. The first-order valence-corrected chi connectivity index (χ1v) is 9.02. The minimum Gasteiger partial charge on any atom is -0.340 e. The van der Waals surface area contributed by atoms with Gasteiger partial charge in [0, 0.05) is 42.3 Å². The van der Waals surface area contributed by atoms with Gasteiger partial charge in [-0.15, -0.1) is 0 Å². The Hall–Kier alpha value is -1.30. The SMILES string of the molecule is O=C(Cc1ccc(Cl)cc1Cl)N1CCCC(N2CCNCC2=O)C1. The molecule has 0 aliphatic carbocycles. The molecule has 7 heteroatoms. The van der Waals surface area contributed by atoms with E-state index in [2.05, 4.69) is 5.32 Å². The van der Waals surface area contributed by atoms with Crippen molar-refractivity contribution in [2.45, 2.75) is 25.3 Å². The van der Waals surface area contributed by atoms with E-state index in [-0.39, 0.29) is 24.3 Å². The molecule has 0 bridgehead atoms. The summed E-state index contributed by atoms with van der Waals surface area (Å²) in [5, 5.41) is 4.16. The van der Waals surface area contributed by atoms with Crippen molar-refractivity contribution in [2.24, 2.45) is 0 Å². The van der Waals surface area contributed by atoms with Crippen LogP contribution in [-0.2, 0) is 16.0 Å². The minimum absolute atomic E-state index is 0.0477. The number of amides is 2. The third-order valence-corrected chi connectivity index (χ3v) is 5.26. The summed E-state index contributed by atoms with van der Waals surface area (Å²) in [6.45, 7) is 3.27. The highest BCUT2D eigenvalue weighted by molar-refractivity contribution is 6.35. The second-order valence-corrected chi connectivity index (χ2v) is 7.16. The number of nitrogens with zero attached hydrogens (tertiary/aromatic N) is 2. The molecular weight excluding hydrogens is 349 g/mol. The van der Waals surface area contributed by atoms with Crippen LogP contribution < -0.4 is 5.32 Å². The topological polar surface area (TPSA) is 52.7 Å². The smallest absolute Gasteiger partial charge is 0.236 e. The van der Waals surface area contributed by atoms with Crippen molar-refractivity contribution in [3.05, 3.63) is 33.8 Å². The van der Waals surface area contributed by atoms with Crippen LogP contribution in [0.25, 0.3) is 0 Å². The van der Waals surface area contributed by atoms with Gasteiger partial charge in [-0.05, 0) is 30.5 Å². The van der Waals surface area contributed by atoms with Crippen molar-refractivity contribution >= 4 is 35.0 Å². The van der Waals surface area contributed by atoms with Gasteiger partial charge in [0.25, 0.3) is 0 Å². The van der Waals surface area contributed by atoms with Gasteiger partial charge in [0.15, 0.2) is 0 Å². The number of hydrogen-bond acceptors (Lipinski definition) is 3. The van der Waals surface area contributed by atoms with Gasteiger partial charge >= 0.3 is 0 Å². The number of rotatable bonds is 3. The summed E-state index contributed by atoms with van der Waals surface area (Å²) in [5.41, 5.74) is 0.784. The lowest BCUT2D eigenvalue weighted by Crippen LogP contribution is -2.57. The predicted molar refractivity (Wildman–Crippen MR) is 94.4 cm³/mol. The van der Waals surface area contributed by atoms with Gasteiger partial charge < -0.3 is 15.1 Å². The highest BCUT2D eigenvalue weighted by atomic mass is 35.5. The molecule has 1 N–H and O–H groups in total. The van der Waals surface area contributed by atoms with E-state index in [1.807, 2.05) is 9.80 Å². The monoisotopic (exact) mass is 369 g/mol. The molecule has 0 aromatic heterocycles. The van der Waals surface area contributed by atoms with Crippen molar-refractivity contribution in [3.8, 4) is 0 Å². The Bertz CT molecular complexity index is 638. The van der Waals surface area contributed by atoms with Crippen LogP contribution in [-0.4, -0.2) is 60.4 Å². The lowest BCUT2D eigenvalue weighted by molar-refractivity contribution is -0.140. The van der Waals surface area contributed by atoms with Crippen molar-refractivity contribution < 1.29 is 9.59 Å². The standard InChI is InChI=1S/C17H21Cl2N3O2/c18-13-4-3-12(15(19)9-13)8-16(23)21-6-1-2-14(11-21)22-7-5-20-10-17(22)24/h3-4,9,14,20H,1-2,5-8,10-11H2. The fourth-order valence-electron chi connectivity index (χ4n) is 3.38. The molecule has 0 spiro atoms. The predicted octanol–water partition coefficient (Wildman–Crippen LogP) is 1.96. The molecule has 2 amide bonds. The van der Waals surface area contributed by atoms with Crippen molar-refractivity contribution in [1.29, 1.82) is 0 Å². The van der Waals surface area contributed by atoms with E-state index in [1.165, 1.54) is 0 Å². The zero-order valence-electron chi connectivity index (χ0n) is 13.4. The maximum atomic E-state index is 12.6. The number of halogens is 2. The molecule has 2 aliphatic heterocycles. The number of carbonyl (C=O) groups excluding carboxylic acids is 2.